The molecule has 0 saturated heterocycles. The van der Waals surface area contributed by atoms with E-state index in [-0.39, 0.29) is 6.61 Å². The molecule has 2 rings (SSSR count). The van der Waals surface area contributed by atoms with Gasteiger partial charge in [0.1, 0.15) is 6.61 Å². The molecule has 2 aromatic carbocycles. The predicted molar refractivity (Wildman–Crippen MR) is 115 cm³/mol. The Bertz CT molecular complexity index is 717. The van der Waals surface area contributed by atoms with Crippen LogP contribution in [0.25, 0.3) is 0 Å². The Morgan fingerprint density at radius 2 is 1.67 bits per heavy atom. The van der Waals surface area contributed by atoms with E-state index in [1.165, 1.54) is 25.7 Å². The summed E-state index contributed by atoms with van der Waals surface area (Å²) in [4.78, 5) is 0. The molecule has 3 nitrogen and oxygen atoms in total. The molecule has 0 aliphatic carbocycles. The van der Waals surface area contributed by atoms with E-state index in [9.17, 15) is 0 Å². The SMILES string of the molecule is CCCCCCNCc1cc(OC)c(OCc2c(Cl)cccc2Cl)cc1Cl. The summed E-state index contributed by atoms with van der Waals surface area (Å²) in [7, 11) is 1.61. The Hall–Kier alpha value is -1.13. The predicted octanol–water partition coefficient (Wildman–Crippen LogP) is 6.90. The Kier molecular flexibility index (Phi) is 9.57. The van der Waals surface area contributed by atoms with Gasteiger partial charge in [0, 0.05) is 33.2 Å². The van der Waals surface area contributed by atoms with Crippen LogP contribution >= 0.6 is 34.8 Å². The highest BCUT2D eigenvalue weighted by Gasteiger charge is 2.13. The van der Waals surface area contributed by atoms with Crippen molar-refractivity contribution in [1.29, 1.82) is 0 Å². The molecule has 0 aliphatic heterocycles. The highest BCUT2D eigenvalue weighted by atomic mass is 35.5. The van der Waals surface area contributed by atoms with Gasteiger partial charge in [0.15, 0.2) is 11.5 Å². The second-order valence-corrected chi connectivity index (χ2v) is 7.54. The Balaban J connectivity index is 2.00. The lowest BCUT2D eigenvalue weighted by atomic mass is 10.1. The third-order valence-corrected chi connectivity index (χ3v) is 5.35. The standard InChI is InChI=1S/C21H26Cl3NO2/c1-3-4-5-6-10-25-13-15-11-20(26-2)21(12-19(15)24)27-14-16-17(22)8-7-9-18(16)23/h7-9,11-12,25H,3-6,10,13-14H2,1-2H3. The van der Waals surface area contributed by atoms with Crippen LogP contribution in [0.5, 0.6) is 11.5 Å². The van der Waals surface area contributed by atoms with Crippen LogP contribution in [-0.4, -0.2) is 13.7 Å². The quantitative estimate of drug-likeness (QED) is 0.393. The maximum absolute atomic E-state index is 6.44. The van der Waals surface area contributed by atoms with Gasteiger partial charge in [-0.3, -0.25) is 0 Å². The van der Waals surface area contributed by atoms with E-state index in [4.69, 9.17) is 44.3 Å². The number of methoxy groups -OCH3 is 1. The molecule has 0 atom stereocenters. The summed E-state index contributed by atoms with van der Waals surface area (Å²) in [5.74, 6) is 1.19. The van der Waals surface area contributed by atoms with Crippen molar-refractivity contribution in [1.82, 2.24) is 5.32 Å². The molecule has 0 unspecified atom stereocenters. The van der Waals surface area contributed by atoms with Gasteiger partial charge in [-0.15, -0.1) is 0 Å². The van der Waals surface area contributed by atoms with Gasteiger partial charge in [-0.25, -0.2) is 0 Å². The molecule has 0 aromatic heterocycles. The lowest BCUT2D eigenvalue weighted by Crippen LogP contribution is -2.15. The van der Waals surface area contributed by atoms with Crippen molar-refractivity contribution < 1.29 is 9.47 Å². The number of ether oxygens (including phenoxy) is 2. The molecule has 27 heavy (non-hydrogen) atoms. The van der Waals surface area contributed by atoms with Crippen molar-refractivity contribution in [2.45, 2.75) is 45.8 Å². The first-order valence-electron chi connectivity index (χ1n) is 9.19. The fourth-order valence-electron chi connectivity index (χ4n) is 2.71. The number of hydrogen-bond acceptors (Lipinski definition) is 3. The highest BCUT2D eigenvalue weighted by molar-refractivity contribution is 6.36. The molecule has 0 aliphatic rings. The van der Waals surface area contributed by atoms with Crippen LogP contribution in [0.1, 0.15) is 43.7 Å². The van der Waals surface area contributed by atoms with E-state index in [0.717, 1.165) is 17.7 Å². The number of unbranched alkanes of at least 4 members (excludes halogenated alkanes) is 3. The van der Waals surface area contributed by atoms with Crippen molar-refractivity contribution >= 4 is 34.8 Å². The number of rotatable bonds is 11. The van der Waals surface area contributed by atoms with E-state index >= 15 is 0 Å². The molecule has 0 amide bonds. The van der Waals surface area contributed by atoms with Crippen LogP contribution in [0.15, 0.2) is 30.3 Å². The maximum atomic E-state index is 6.44. The minimum atomic E-state index is 0.236. The van der Waals surface area contributed by atoms with E-state index < -0.39 is 0 Å². The summed E-state index contributed by atoms with van der Waals surface area (Å²) in [6.07, 6.45) is 4.93. The average Bonchev–Trinajstić information content (AvgIpc) is 2.65. The molecule has 0 saturated carbocycles. The van der Waals surface area contributed by atoms with Gasteiger partial charge in [0.05, 0.1) is 7.11 Å². The normalized spacial score (nSPS) is 10.9. The van der Waals surface area contributed by atoms with E-state index in [0.29, 0.717) is 33.1 Å². The molecule has 1 N–H and O–H groups in total. The molecule has 0 spiro atoms. The molecule has 148 valence electrons. The fourth-order valence-corrected chi connectivity index (χ4v) is 3.43. The van der Waals surface area contributed by atoms with Crippen molar-refractivity contribution in [3.63, 3.8) is 0 Å². The first-order chi connectivity index (χ1) is 13.1. The molecule has 0 radical (unpaired) electrons. The Morgan fingerprint density at radius 1 is 0.926 bits per heavy atom. The minimum absolute atomic E-state index is 0.236. The van der Waals surface area contributed by atoms with Crippen LogP contribution in [0.3, 0.4) is 0 Å². The third-order valence-electron chi connectivity index (χ3n) is 4.29. The van der Waals surface area contributed by atoms with Crippen molar-refractivity contribution in [2.75, 3.05) is 13.7 Å². The van der Waals surface area contributed by atoms with E-state index in [1.807, 2.05) is 6.07 Å². The first-order valence-corrected chi connectivity index (χ1v) is 10.3. The monoisotopic (exact) mass is 429 g/mol. The molecule has 2 aromatic rings. The molecular formula is C21H26Cl3NO2. The Morgan fingerprint density at radius 3 is 2.33 bits per heavy atom. The number of hydrogen-bond donors (Lipinski definition) is 1. The summed E-state index contributed by atoms with van der Waals surface area (Å²) < 4.78 is 11.4. The average molecular weight is 431 g/mol. The molecule has 6 heteroatoms. The summed E-state index contributed by atoms with van der Waals surface area (Å²) in [5, 5.41) is 5.20. The molecule has 0 fully saturated rings. The zero-order chi connectivity index (χ0) is 19.6. The van der Waals surface area contributed by atoms with Gasteiger partial charge in [-0.1, -0.05) is 67.1 Å². The summed E-state index contributed by atoms with van der Waals surface area (Å²) in [6.45, 7) is 4.11. The summed E-state index contributed by atoms with van der Waals surface area (Å²) in [6, 6.07) is 9.05. The summed E-state index contributed by atoms with van der Waals surface area (Å²) >= 11 is 18.8. The topological polar surface area (TPSA) is 30.5 Å². The van der Waals surface area contributed by atoms with Gasteiger partial charge in [-0.05, 0) is 36.7 Å². The van der Waals surface area contributed by atoms with Gasteiger partial charge in [0.25, 0.3) is 0 Å². The maximum Gasteiger partial charge on any atom is 0.163 e. The van der Waals surface area contributed by atoms with Crippen molar-refractivity contribution in [3.05, 3.63) is 56.5 Å². The number of nitrogens with one attached hydrogen (secondary N) is 1. The van der Waals surface area contributed by atoms with Crippen LogP contribution in [0.2, 0.25) is 15.1 Å². The Labute approximate surface area is 176 Å². The van der Waals surface area contributed by atoms with E-state index in [2.05, 4.69) is 12.2 Å². The second kappa shape index (κ2) is 11.7. The summed E-state index contributed by atoms with van der Waals surface area (Å²) in [5.41, 5.74) is 1.71. The zero-order valence-corrected chi connectivity index (χ0v) is 18.1. The van der Waals surface area contributed by atoms with Crippen LogP contribution < -0.4 is 14.8 Å². The second-order valence-electron chi connectivity index (χ2n) is 6.32. The highest BCUT2D eigenvalue weighted by Crippen LogP contribution is 2.35. The molecular weight excluding hydrogens is 405 g/mol. The first kappa shape index (κ1) is 22.2. The van der Waals surface area contributed by atoms with Crippen LogP contribution in [-0.2, 0) is 13.2 Å². The zero-order valence-electron chi connectivity index (χ0n) is 15.8. The van der Waals surface area contributed by atoms with Crippen molar-refractivity contribution in [3.8, 4) is 11.5 Å². The van der Waals surface area contributed by atoms with Crippen LogP contribution in [0.4, 0.5) is 0 Å². The van der Waals surface area contributed by atoms with Gasteiger partial charge in [-0.2, -0.15) is 0 Å². The largest absolute Gasteiger partial charge is 0.493 e. The van der Waals surface area contributed by atoms with Crippen LogP contribution in [0, 0.1) is 0 Å². The molecule has 0 heterocycles. The number of benzene rings is 2. The fraction of sp³-hybridized carbons (Fsp3) is 0.429. The smallest absolute Gasteiger partial charge is 0.163 e. The molecule has 0 bridgehead atoms. The number of halogens is 3. The van der Waals surface area contributed by atoms with Crippen molar-refractivity contribution in [2.24, 2.45) is 0 Å². The lowest BCUT2D eigenvalue weighted by Gasteiger charge is -2.15. The van der Waals surface area contributed by atoms with Gasteiger partial charge < -0.3 is 14.8 Å². The van der Waals surface area contributed by atoms with Gasteiger partial charge >= 0.3 is 0 Å². The minimum Gasteiger partial charge on any atom is -0.493 e. The third kappa shape index (κ3) is 6.76. The van der Waals surface area contributed by atoms with Gasteiger partial charge in [0.2, 0.25) is 0 Å². The van der Waals surface area contributed by atoms with E-state index in [1.54, 1.807) is 31.4 Å². The lowest BCUT2D eigenvalue weighted by molar-refractivity contribution is 0.284.